The van der Waals surface area contributed by atoms with Crippen molar-refractivity contribution < 1.29 is 18.0 Å². The molecule has 0 radical (unpaired) electrons. The van der Waals surface area contributed by atoms with Crippen LogP contribution in [0.3, 0.4) is 0 Å². The highest BCUT2D eigenvalue weighted by molar-refractivity contribution is 7.80. The molecule has 1 saturated heterocycles. The number of carbonyl (C=O) groups is 1. The van der Waals surface area contributed by atoms with Gasteiger partial charge in [-0.2, -0.15) is 13.2 Å². The normalized spacial score (nSPS) is 20.0. The number of hydrogen-bond acceptors (Lipinski definition) is 3. The van der Waals surface area contributed by atoms with Crippen molar-refractivity contribution in [2.45, 2.75) is 19.1 Å². The van der Waals surface area contributed by atoms with Crippen molar-refractivity contribution >= 4 is 40.3 Å². The van der Waals surface area contributed by atoms with Gasteiger partial charge in [0.05, 0.1) is 17.3 Å². The van der Waals surface area contributed by atoms with E-state index in [-0.39, 0.29) is 5.69 Å². The van der Waals surface area contributed by atoms with E-state index in [1.54, 1.807) is 0 Å². The second kappa shape index (κ2) is 7.32. The number of aryl methyl sites for hydroxylation is 1. The van der Waals surface area contributed by atoms with Crippen molar-refractivity contribution in [3.8, 4) is 0 Å². The first kappa shape index (κ1) is 19.4. The maximum absolute atomic E-state index is 13.2. The van der Waals surface area contributed by atoms with E-state index in [9.17, 15) is 18.0 Å². The SMILES string of the molecule is C=C1NC(=S)N[C@@H](c2sccc2C)[C@@H]1C(=O)Nc1ccccc1C(F)(F)F. The fourth-order valence-corrected chi connectivity index (χ4v) is 4.24. The minimum absolute atomic E-state index is 0.294. The highest BCUT2D eigenvalue weighted by atomic mass is 32.1. The van der Waals surface area contributed by atoms with Crippen LogP contribution in [0.15, 0.2) is 48.0 Å². The standard InChI is InChI=1S/C18H16F3N3OS2/c1-9-7-8-27-15(9)14-13(10(2)22-17(26)24-14)16(25)23-12-6-4-3-5-11(12)18(19,20)21/h3-8,13-14H,2H2,1H3,(H,23,25)(H2,22,24,26)/t13-,14-/m1/s1. The lowest BCUT2D eigenvalue weighted by molar-refractivity contribution is -0.137. The Bertz CT molecular complexity index is 907. The number of amides is 1. The van der Waals surface area contributed by atoms with Gasteiger partial charge >= 0.3 is 6.18 Å². The van der Waals surface area contributed by atoms with Gasteiger partial charge in [0.1, 0.15) is 5.92 Å². The van der Waals surface area contributed by atoms with Crippen molar-refractivity contribution in [2.75, 3.05) is 5.32 Å². The van der Waals surface area contributed by atoms with Crippen LogP contribution in [-0.2, 0) is 11.0 Å². The predicted octanol–water partition coefficient (Wildman–Crippen LogP) is 4.36. The third-order valence-corrected chi connectivity index (χ3v) is 5.55. The molecule has 2 heterocycles. The largest absolute Gasteiger partial charge is 0.418 e. The molecule has 2 aromatic rings. The van der Waals surface area contributed by atoms with Gasteiger partial charge in [-0.3, -0.25) is 4.79 Å². The smallest absolute Gasteiger partial charge is 0.354 e. The first-order chi connectivity index (χ1) is 12.7. The molecule has 2 atom stereocenters. The zero-order valence-corrected chi connectivity index (χ0v) is 15.8. The van der Waals surface area contributed by atoms with E-state index >= 15 is 0 Å². The first-order valence-electron chi connectivity index (χ1n) is 7.96. The summed E-state index contributed by atoms with van der Waals surface area (Å²) in [5.41, 5.74) is 0.0969. The number of benzene rings is 1. The van der Waals surface area contributed by atoms with E-state index in [0.29, 0.717) is 10.8 Å². The Morgan fingerprint density at radius 3 is 2.63 bits per heavy atom. The van der Waals surface area contributed by atoms with Gasteiger partial charge in [-0.1, -0.05) is 18.7 Å². The fraction of sp³-hybridized carbons (Fsp3) is 0.222. The minimum atomic E-state index is -4.57. The zero-order valence-electron chi connectivity index (χ0n) is 14.2. The molecule has 0 saturated carbocycles. The highest BCUT2D eigenvalue weighted by Gasteiger charge is 2.39. The molecule has 1 amide bonds. The van der Waals surface area contributed by atoms with Crippen LogP contribution >= 0.6 is 23.6 Å². The molecule has 1 aliphatic heterocycles. The van der Waals surface area contributed by atoms with Crippen LogP contribution in [0.1, 0.15) is 22.0 Å². The summed E-state index contributed by atoms with van der Waals surface area (Å²) in [7, 11) is 0. The summed E-state index contributed by atoms with van der Waals surface area (Å²) in [4.78, 5) is 13.8. The molecule has 3 N–H and O–H groups in total. The number of halogens is 3. The van der Waals surface area contributed by atoms with Crippen LogP contribution in [0.5, 0.6) is 0 Å². The topological polar surface area (TPSA) is 53.2 Å². The number of thiophene rings is 1. The van der Waals surface area contributed by atoms with Crippen LogP contribution in [0.4, 0.5) is 18.9 Å². The first-order valence-corrected chi connectivity index (χ1v) is 9.24. The summed E-state index contributed by atoms with van der Waals surface area (Å²) < 4.78 is 39.6. The molecule has 0 aliphatic carbocycles. The van der Waals surface area contributed by atoms with Crippen LogP contribution in [0, 0.1) is 12.8 Å². The average molecular weight is 411 g/mol. The van der Waals surface area contributed by atoms with E-state index in [2.05, 4.69) is 22.5 Å². The maximum Gasteiger partial charge on any atom is 0.418 e. The van der Waals surface area contributed by atoms with E-state index in [1.165, 1.54) is 29.5 Å². The number of hydrogen-bond donors (Lipinski definition) is 3. The van der Waals surface area contributed by atoms with Crippen LogP contribution < -0.4 is 16.0 Å². The molecule has 4 nitrogen and oxygen atoms in total. The predicted molar refractivity (Wildman–Crippen MR) is 103 cm³/mol. The maximum atomic E-state index is 13.2. The van der Waals surface area contributed by atoms with E-state index in [0.717, 1.165) is 16.5 Å². The fourth-order valence-electron chi connectivity index (χ4n) is 2.96. The van der Waals surface area contributed by atoms with Gasteiger partial charge in [0.2, 0.25) is 5.91 Å². The van der Waals surface area contributed by atoms with Crippen molar-refractivity contribution in [3.63, 3.8) is 0 Å². The van der Waals surface area contributed by atoms with Gasteiger partial charge < -0.3 is 16.0 Å². The molecule has 0 unspecified atom stereocenters. The van der Waals surface area contributed by atoms with Crippen LogP contribution in [0.2, 0.25) is 0 Å². The average Bonchev–Trinajstić information content (AvgIpc) is 2.99. The third-order valence-electron chi connectivity index (χ3n) is 4.23. The number of para-hydroxylation sites is 1. The zero-order chi connectivity index (χ0) is 19.8. The molecule has 142 valence electrons. The molecule has 1 fully saturated rings. The highest BCUT2D eigenvalue weighted by Crippen LogP contribution is 2.37. The Morgan fingerprint density at radius 1 is 1.30 bits per heavy atom. The van der Waals surface area contributed by atoms with Crippen molar-refractivity contribution in [3.05, 3.63) is 64.0 Å². The second-order valence-corrected chi connectivity index (χ2v) is 7.44. The van der Waals surface area contributed by atoms with Gasteiger partial charge in [-0.05, 0) is 48.3 Å². The molecule has 27 heavy (non-hydrogen) atoms. The lowest BCUT2D eigenvalue weighted by Crippen LogP contribution is -2.51. The Labute approximate surface area is 163 Å². The Morgan fingerprint density at radius 2 is 2.00 bits per heavy atom. The Hall–Kier alpha value is -2.39. The van der Waals surface area contributed by atoms with Gasteiger partial charge in [0, 0.05) is 10.6 Å². The van der Waals surface area contributed by atoms with Crippen molar-refractivity contribution in [1.29, 1.82) is 0 Å². The van der Waals surface area contributed by atoms with Gasteiger partial charge in [-0.25, -0.2) is 0 Å². The lowest BCUT2D eigenvalue weighted by atomic mass is 9.91. The van der Waals surface area contributed by atoms with Crippen LogP contribution in [-0.4, -0.2) is 11.0 Å². The molecular formula is C18H16F3N3OS2. The Kier molecular flexibility index (Phi) is 5.25. The van der Waals surface area contributed by atoms with Crippen LogP contribution in [0.25, 0.3) is 0 Å². The van der Waals surface area contributed by atoms with Crippen molar-refractivity contribution in [2.24, 2.45) is 5.92 Å². The molecule has 0 spiro atoms. The van der Waals surface area contributed by atoms with Gasteiger partial charge in [0.25, 0.3) is 0 Å². The number of alkyl halides is 3. The summed E-state index contributed by atoms with van der Waals surface area (Å²) in [6.07, 6.45) is -4.57. The van der Waals surface area contributed by atoms with E-state index in [4.69, 9.17) is 12.2 Å². The van der Waals surface area contributed by atoms with Gasteiger partial charge in [0.15, 0.2) is 5.11 Å². The molecule has 1 aromatic carbocycles. The van der Waals surface area contributed by atoms with Gasteiger partial charge in [-0.15, -0.1) is 11.3 Å². The summed E-state index contributed by atoms with van der Waals surface area (Å²) in [5.74, 6) is -1.44. The van der Waals surface area contributed by atoms with Crippen molar-refractivity contribution in [1.82, 2.24) is 10.6 Å². The number of rotatable bonds is 3. The molecule has 1 aromatic heterocycles. The number of anilines is 1. The molecular weight excluding hydrogens is 395 g/mol. The number of carbonyl (C=O) groups excluding carboxylic acids is 1. The third kappa shape index (κ3) is 3.98. The summed E-state index contributed by atoms with van der Waals surface area (Å²) >= 11 is 6.60. The minimum Gasteiger partial charge on any atom is -0.354 e. The second-order valence-electron chi connectivity index (χ2n) is 6.08. The molecule has 9 heteroatoms. The quantitative estimate of drug-likeness (QED) is 0.657. The van der Waals surface area contributed by atoms with E-state index in [1.807, 2.05) is 18.4 Å². The van der Waals surface area contributed by atoms with E-state index < -0.39 is 29.6 Å². The number of nitrogens with one attached hydrogen (secondary N) is 3. The summed E-state index contributed by atoms with van der Waals surface area (Å²) in [5, 5.41) is 10.4. The molecule has 1 aliphatic rings. The molecule has 3 rings (SSSR count). The monoisotopic (exact) mass is 411 g/mol. The lowest BCUT2D eigenvalue weighted by Gasteiger charge is -2.35. The summed E-state index contributed by atoms with van der Waals surface area (Å²) in [6.45, 7) is 5.75. The number of thiocarbonyl (C=S) groups is 1. The Balaban J connectivity index is 1.94. The molecule has 0 bridgehead atoms. The summed E-state index contributed by atoms with van der Waals surface area (Å²) in [6, 6.07) is 6.26.